The van der Waals surface area contributed by atoms with E-state index in [0.717, 1.165) is 25.7 Å². The van der Waals surface area contributed by atoms with E-state index in [-0.39, 0.29) is 11.8 Å². The normalized spacial score (nSPS) is 15.1. The molecule has 132 valence electrons. The Morgan fingerprint density at radius 2 is 1.83 bits per heavy atom. The van der Waals surface area contributed by atoms with Gasteiger partial charge in [-0.25, -0.2) is 4.79 Å². The number of urea groups is 1. The molecule has 0 saturated heterocycles. The number of aryl methyl sites for hydroxylation is 2. The van der Waals surface area contributed by atoms with Crippen molar-refractivity contribution in [2.75, 3.05) is 0 Å². The number of primary amides is 1. The molecule has 0 radical (unpaired) electrons. The molecule has 1 aliphatic carbocycles. The van der Waals surface area contributed by atoms with Crippen LogP contribution in [-0.4, -0.2) is 23.9 Å². The lowest BCUT2D eigenvalue weighted by Crippen LogP contribution is -2.55. The lowest BCUT2D eigenvalue weighted by Gasteiger charge is -2.20. The van der Waals surface area contributed by atoms with Gasteiger partial charge in [-0.1, -0.05) is 20.3 Å². The van der Waals surface area contributed by atoms with E-state index >= 15 is 0 Å². The molecule has 0 fully saturated rings. The van der Waals surface area contributed by atoms with Crippen LogP contribution in [0.3, 0.4) is 0 Å². The van der Waals surface area contributed by atoms with E-state index in [2.05, 4.69) is 16.2 Å². The molecular formula is C16H24N4O3S. The third-order valence-electron chi connectivity index (χ3n) is 4.02. The third kappa shape index (κ3) is 4.70. The van der Waals surface area contributed by atoms with Crippen molar-refractivity contribution in [2.24, 2.45) is 11.7 Å². The number of hydrogen-bond donors (Lipinski definition) is 4. The highest BCUT2D eigenvalue weighted by atomic mass is 32.1. The van der Waals surface area contributed by atoms with Crippen LogP contribution in [-0.2, 0) is 17.6 Å². The quantitative estimate of drug-likeness (QED) is 0.486. The van der Waals surface area contributed by atoms with Crippen LogP contribution in [0.4, 0.5) is 4.79 Å². The highest BCUT2D eigenvalue weighted by molar-refractivity contribution is 7.14. The molecule has 0 spiro atoms. The SMILES string of the molecule is CC(C)[C@H](NC(N)=O)C(=O)NNC(=O)c1cc2c(s1)CCCCC2. The summed E-state index contributed by atoms with van der Waals surface area (Å²) < 4.78 is 0. The van der Waals surface area contributed by atoms with Crippen LogP contribution in [0, 0.1) is 5.92 Å². The highest BCUT2D eigenvalue weighted by Crippen LogP contribution is 2.28. The number of carbonyl (C=O) groups excluding carboxylic acids is 3. The maximum Gasteiger partial charge on any atom is 0.312 e. The van der Waals surface area contributed by atoms with Crippen LogP contribution in [0.2, 0.25) is 0 Å². The minimum atomic E-state index is -0.803. The number of rotatable bonds is 4. The lowest BCUT2D eigenvalue weighted by atomic mass is 10.0. The first kappa shape index (κ1) is 18.3. The summed E-state index contributed by atoms with van der Waals surface area (Å²) in [7, 11) is 0. The van der Waals surface area contributed by atoms with Gasteiger partial charge < -0.3 is 11.1 Å². The van der Waals surface area contributed by atoms with Gasteiger partial charge in [-0.2, -0.15) is 0 Å². The molecule has 4 amide bonds. The van der Waals surface area contributed by atoms with E-state index in [9.17, 15) is 14.4 Å². The van der Waals surface area contributed by atoms with E-state index < -0.39 is 18.0 Å². The lowest BCUT2D eigenvalue weighted by molar-refractivity contribution is -0.124. The first-order valence-electron chi connectivity index (χ1n) is 8.16. The number of thiophene rings is 1. The first-order valence-corrected chi connectivity index (χ1v) is 8.98. The van der Waals surface area contributed by atoms with Gasteiger partial charge in [-0.05, 0) is 43.2 Å². The van der Waals surface area contributed by atoms with Gasteiger partial charge in [0.1, 0.15) is 6.04 Å². The summed E-state index contributed by atoms with van der Waals surface area (Å²) in [6, 6.07) is 0.328. The fourth-order valence-corrected chi connectivity index (χ4v) is 3.87. The van der Waals surface area contributed by atoms with E-state index in [4.69, 9.17) is 5.73 Å². The Labute approximate surface area is 145 Å². The average Bonchev–Trinajstić information content (AvgIpc) is 2.80. The number of hydrazine groups is 1. The molecule has 5 N–H and O–H groups in total. The van der Waals surface area contributed by atoms with E-state index in [1.165, 1.54) is 28.2 Å². The molecule has 0 aliphatic heterocycles. The van der Waals surface area contributed by atoms with Gasteiger partial charge in [0, 0.05) is 4.88 Å². The zero-order chi connectivity index (χ0) is 17.7. The van der Waals surface area contributed by atoms with Crippen LogP contribution in [0.15, 0.2) is 6.07 Å². The Kier molecular flexibility index (Phi) is 6.19. The Morgan fingerprint density at radius 1 is 1.12 bits per heavy atom. The van der Waals surface area contributed by atoms with Gasteiger partial charge in [-0.15, -0.1) is 11.3 Å². The Morgan fingerprint density at radius 3 is 2.50 bits per heavy atom. The summed E-state index contributed by atoms with van der Waals surface area (Å²) in [5.74, 6) is -1.01. The number of fused-ring (bicyclic) bond motifs is 1. The van der Waals surface area contributed by atoms with Crippen LogP contribution < -0.4 is 21.9 Å². The fourth-order valence-electron chi connectivity index (χ4n) is 2.73. The van der Waals surface area contributed by atoms with Gasteiger partial charge >= 0.3 is 6.03 Å². The number of amides is 4. The predicted molar refractivity (Wildman–Crippen MR) is 92.5 cm³/mol. The maximum atomic E-state index is 12.2. The van der Waals surface area contributed by atoms with E-state index in [1.807, 2.05) is 6.07 Å². The van der Waals surface area contributed by atoms with Gasteiger partial charge in [0.25, 0.3) is 11.8 Å². The monoisotopic (exact) mass is 352 g/mol. The summed E-state index contributed by atoms with van der Waals surface area (Å²) in [5.41, 5.74) is 11.1. The van der Waals surface area contributed by atoms with Crippen LogP contribution in [0.25, 0.3) is 0 Å². The van der Waals surface area contributed by atoms with Gasteiger partial charge in [0.15, 0.2) is 0 Å². The molecule has 1 aliphatic rings. The number of nitrogens with two attached hydrogens (primary N) is 1. The number of carbonyl (C=O) groups is 3. The molecule has 24 heavy (non-hydrogen) atoms. The van der Waals surface area contributed by atoms with Crippen LogP contribution in [0.5, 0.6) is 0 Å². The second kappa shape index (κ2) is 8.14. The Balaban J connectivity index is 1.94. The molecule has 0 unspecified atom stereocenters. The minimum absolute atomic E-state index is 0.160. The topological polar surface area (TPSA) is 113 Å². The van der Waals surface area contributed by atoms with Crippen LogP contribution >= 0.6 is 11.3 Å². The second-order valence-electron chi connectivity index (χ2n) is 6.29. The summed E-state index contributed by atoms with van der Waals surface area (Å²) in [5, 5.41) is 2.37. The molecule has 2 rings (SSSR count). The summed E-state index contributed by atoms with van der Waals surface area (Å²) in [6.45, 7) is 3.55. The largest absolute Gasteiger partial charge is 0.352 e. The van der Waals surface area contributed by atoms with Crippen molar-refractivity contribution in [3.63, 3.8) is 0 Å². The summed E-state index contributed by atoms with van der Waals surface area (Å²) in [4.78, 5) is 37.2. The molecule has 1 aromatic rings. The first-order chi connectivity index (χ1) is 11.4. The van der Waals surface area contributed by atoms with Crippen LogP contribution in [0.1, 0.15) is 53.2 Å². The standard InChI is InChI=1S/C16H24N4O3S/c1-9(2)13(18-16(17)23)15(22)20-19-14(21)12-8-10-6-4-3-5-7-11(10)24-12/h8-9,13H,3-7H2,1-2H3,(H,19,21)(H,20,22)(H3,17,18,23)/t13-/m0/s1. The van der Waals surface area contributed by atoms with Crippen molar-refractivity contribution < 1.29 is 14.4 Å². The zero-order valence-corrected chi connectivity index (χ0v) is 14.8. The third-order valence-corrected chi connectivity index (χ3v) is 5.25. The molecule has 8 heteroatoms. The molecule has 0 bridgehead atoms. The van der Waals surface area contributed by atoms with Gasteiger partial charge in [0.2, 0.25) is 0 Å². The van der Waals surface area contributed by atoms with E-state index in [0.29, 0.717) is 4.88 Å². The molecule has 7 nitrogen and oxygen atoms in total. The van der Waals surface area contributed by atoms with E-state index in [1.54, 1.807) is 13.8 Å². The van der Waals surface area contributed by atoms with Crippen molar-refractivity contribution in [2.45, 2.75) is 52.0 Å². The smallest absolute Gasteiger partial charge is 0.312 e. The molecule has 0 saturated carbocycles. The Hall–Kier alpha value is -2.09. The molecular weight excluding hydrogens is 328 g/mol. The predicted octanol–water partition coefficient (Wildman–Crippen LogP) is 1.47. The number of nitrogens with one attached hydrogen (secondary N) is 3. The Bertz CT molecular complexity index is 603. The van der Waals surface area contributed by atoms with Crippen molar-refractivity contribution >= 4 is 29.2 Å². The number of hydrogen-bond acceptors (Lipinski definition) is 4. The van der Waals surface area contributed by atoms with Gasteiger partial charge in [-0.3, -0.25) is 20.4 Å². The van der Waals surface area contributed by atoms with Gasteiger partial charge in [0.05, 0.1) is 4.88 Å². The molecule has 1 heterocycles. The molecule has 1 aromatic heterocycles. The van der Waals surface area contributed by atoms with Crippen molar-refractivity contribution in [1.82, 2.24) is 16.2 Å². The van der Waals surface area contributed by atoms with Crippen molar-refractivity contribution in [3.8, 4) is 0 Å². The van der Waals surface area contributed by atoms with Crippen molar-refractivity contribution in [3.05, 3.63) is 21.4 Å². The zero-order valence-electron chi connectivity index (χ0n) is 14.0. The fraction of sp³-hybridized carbons (Fsp3) is 0.562. The minimum Gasteiger partial charge on any atom is -0.352 e. The second-order valence-corrected chi connectivity index (χ2v) is 7.43. The molecule has 0 aromatic carbocycles. The van der Waals surface area contributed by atoms with Crippen molar-refractivity contribution in [1.29, 1.82) is 0 Å². The molecule has 1 atom stereocenters. The summed E-state index contributed by atoms with van der Waals surface area (Å²) >= 11 is 1.48. The summed E-state index contributed by atoms with van der Waals surface area (Å²) in [6.07, 6.45) is 5.54. The average molecular weight is 352 g/mol. The maximum absolute atomic E-state index is 12.2. The highest BCUT2D eigenvalue weighted by Gasteiger charge is 2.24.